The van der Waals surface area contributed by atoms with Crippen molar-refractivity contribution in [2.24, 2.45) is 0 Å². The Bertz CT molecular complexity index is 698. The Morgan fingerprint density at radius 1 is 1.16 bits per heavy atom. The maximum Gasteiger partial charge on any atom is 0.330 e. The van der Waals surface area contributed by atoms with E-state index in [1.165, 1.54) is 24.8 Å². The van der Waals surface area contributed by atoms with Crippen LogP contribution >= 0.6 is 0 Å². The summed E-state index contributed by atoms with van der Waals surface area (Å²) in [6.07, 6.45) is 5.77. The van der Waals surface area contributed by atoms with Gasteiger partial charge in [-0.1, -0.05) is 30.3 Å². The van der Waals surface area contributed by atoms with Crippen LogP contribution in [0.3, 0.4) is 0 Å². The van der Waals surface area contributed by atoms with Crippen LogP contribution in [-0.2, 0) is 22.6 Å². The van der Waals surface area contributed by atoms with E-state index < -0.39 is 5.97 Å². The molecule has 25 heavy (non-hydrogen) atoms. The standard InChI is InChI=1S/C20H23NO4/c1-24-20(23)13-11-18-19(12-10-17(15-22)21-18)25-14-6-5-9-16-7-3-2-4-8-16/h2-4,7-8,10-13,22H,5-6,9,14-15H2,1H3/b13-11+. The van der Waals surface area contributed by atoms with Crippen molar-refractivity contribution in [3.05, 3.63) is 65.5 Å². The Kier molecular flexibility index (Phi) is 7.66. The van der Waals surface area contributed by atoms with Crippen LogP contribution in [0.15, 0.2) is 48.5 Å². The van der Waals surface area contributed by atoms with Gasteiger partial charge in [0.05, 0.1) is 26.0 Å². The van der Waals surface area contributed by atoms with E-state index in [1.54, 1.807) is 12.1 Å². The molecule has 0 radical (unpaired) electrons. The number of hydrogen-bond donors (Lipinski definition) is 1. The number of esters is 1. The Labute approximate surface area is 147 Å². The van der Waals surface area contributed by atoms with Crippen LogP contribution in [0.25, 0.3) is 6.08 Å². The molecule has 0 atom stereocenters. The minimum atomic E-state index is -0.468. The van der Waals surface area contributed by atoms with Gasteiger partial charge >= 0.3 is 5.97 Å². The fourth-order valence-electron chi connectivity index (χ4n) is 2.31. The molecule has 5 heteroatoms. The van der Waals surface area contributed by atoms with Gasteiger partial charge < -0.3 is 14.6 Å². The summed E-state index contributed by atoms with van der Waals surface area (Å²) in [4.78, 5) is 15.5. The zero-order chi connectivity index (χ0) is 17.9. The van der Waals surface area contributed by atoms with Crippen molar-refractivity contribution in [1.82, 2.24) is 4.98 Å². The number of hydrogen-bond acceptors (Lipinski definition) is 5. The molecule has 0 bridgehead atoms. The Morgan fingerprint density at radius 2 is 1.96 bits per heavy atom. The molecule has 132 valence electrons. The first-order chi connectivity index (χ1) is 12.2. The number of unbranched alkanes of at least 4 members (excludes halogenated alkanes) is 1. The van der Waals surface area contributed by atoms with Gasteiger partial charge in [0.15, 0.2) is 0 Å². The molecule has 0 aliphatic heterocycles. The molecular formula is C20H23NO4. The Morgan fingerprint density at radius 3 is 2.68 bits per heavy atom. The largest absolute Gasteiger partial charge is 0.491 e. The van der Waals surface area contributed by atoms with Crippen molar-refractivity contribution >= 4 is 12.0 Å². The van der Waals surface area contributed by atoms with E-state index in [9.17, 15) is 9.90 Å². The number of benzene rings is 1. The van der Waals surface area contributed by atoms with Crippen LogP contribution < -0.4 is 4.74 Å². The minimum Gasteiger partial charge on any atom is -0.491 e. The molecule has 1 heterocycles. The lowest BCUT2D eigenvalue weighted by atomic mass is 10.1. The second-order valence-electron chi connectivity index (χ2n) is 5.49. The van der Waals surface area contributed by atoms with Crippen LogP contribution in [0.5, 0.6) is 5.75 Å². The maximum absolute atomic E-state index is 11.3. The van der Waals surface area contributed by atoms with Crippen molar-refractivity contribution in [2.45, 2.75) is 25.9 Å². The van der Waals surface area contributed by atoms with E-state index in [0.29, 0.717) is 23.7 Å². The number of carbonyl (C=O) groups excluding carboxylic acids is 1. The highest BCUT2D eigenvalue weighted by Crippen LogP contribution is 2.19. The summed E-state index contributed by atoms with van der Waals surface area (Å²) in [7, 11) is 1.31. The third kappa shape index (κ3) is 6.39. The van der Waals surface area contributed by atoms with Gasteiger partial charge in [-0.05, 0) is 43.0 Å². The van der Waals surface area contributed by atoms with E-state index in [1.807, 2.05) is 18.2 Å². The molecule has 0 aliphatic carbocycles. The summed E-state index contributed by atoms with van der Waals surface area (Å²) >= 11 is 0. The molecule has 2 rings (SSSR count). The SMILES string of the molecule is COC(=O)/C=C/c1nc(CO)ccc1OCCCCc1ccccc1. The second kappa shape index (κ2) is 10.3. The van der Waals surface area contributed by atoms with Crippen molar-refractivity contribution in [3.8, 4) is 5.75 Å². The van der Waals surface area contributed by atoms with Crippen molar-refractivity contribution < 1.29 is 19.4 Å². The normalized spacial score (nSPS) is 10.8. The summed E-state index contributed by atoms with van der Waals surface area (Å²) in [5, 5.41) is 9.21. The molecule has 1 aromatic heterocycles. The maximum atomic E-state index is 11.3. The molecule has 0 saturated heterocycles. The van der Waals surface area contributed by atoms with Gasteiger partial charge in [-0.25, -0.2) is 9.78 Å². The van der Waals surface area contributed by atoms with E-state index in [2.05, 4.69) is 21.9 Å². The highest BCUT2D eigenvalue weighted by molar-refractivity contribution is 5.87. The van der Waals surface area contributed by atoms with Crippen LogP contribution in [0, 0.1) is 0 Å². The number of rotatable bonds is 9. The van der Waals surface area contributed by atoms with Crippen molar-refractivity contribution in [3.63, 3.8) is 0 Å². The van der Waals surface area contributed by atoms with Crippen LogP contribution in [0.2, 0.25) is 0 Å². The van der Waals surface area contributed by atoms with E-state index in [0.717, 1.165) is 19.3 Å². The number of aryl methyl sites for hydroxylation is 1. The summed E-state index contributed by atoms with van der Waals surface area (Å²) in [5.74, 6) is 0.113. The number of methoxy groups -OCH3 is 1. The van der Waals surface area contributed by atoms with Gasteiger partial charge in [-0.2, -0.15) is 0 Å². The van der Waals surface area contributed by atoms with Gasteiger partial charge in [-0.3, -0.25) is 0 Å². The number of carbonyl (C=O) groups is 1. The van der Waals surface area contributed by atoms with Crippen LogP contribution in [0.4, 0.5) is 0 Å². The van der Waals surface area contributed by atoms with Gasteiger partial charge in [0, 0.05) is 6.08 Å². The number of aromatic nitrogens is 1. The number of aliphatic hydroxyl groups excluding tert-OH is 1. The first kappa shape index (κ1) is 18.7. The highest BCUT2D eigenvalue weighted by atomic mass is 16.5. The molecule has 0 aliphatic rings. The molecule has 2 aromatic rings. The first-order valence-electron chi connectivity index (χ1n) is 8.26. The van der Waals surface area contributed by atoms with Gasteiger partial charge in [0.25, 0.3) is 0 Å². The van der Waals surface area contributed by atoms with E-state index >= 15 is 0 Å². The summed E-state index contributed by atoms with van der Waals surface area (Å²) < 4.78 is 10.4. The minimum absolute atomic E-state index is 0.170. The third-order valence-corrected chi connectivity index (χ3v) is 3.64. The quantitative estimate of drug-likeness (QED) is 0.431. The Balaban J connectivity index is 1.89. The van der Waals surface area contributed by atoms with E-state index in [-0.39, 0.29) is 6.61 Å². The zero-order valence-electron chi connectivity index (χ0n) is 14.4. The highest BCUT2D eigenvalue weighted by Gasteiger charge is 2.06. The van der Waals surface area contributed by atoms with E-state index in [4.69, 9.17) is 4.74 Å². The van der Waals surface area contributed by atoms with Crippen molar-refractivity contribution in [2.75, 3.05) is 13.7 Å². The number of aliphatic hydroxyl groups is 1. The molecule has 0 fully saturated rings. The smallest absolute Gasteiger partial charge is 0.330 e. The second-order valence-corrected chi connectivity index (χ2v) is 5.49. The monoisotopic (exact) mass is 341 g/mol. The molecule has 0 saturated carbocycles. The molecule has 0 spiro atoms. The van der Waals surface area contributed by atoms with Crippen LogP contribution in [0.1, 0.15) is 29.8 Å². The average molecular weight is 341 g/mol. The molecule has 1 N–H and O–H groups in total. The Hall–Kier alpha value is -2.66. The predicted octanol–water partition coefficient (Wildman–Crippen LogP) is 3.16. The fourth-order valence-corrected chi connectivity index (χ4v) is 2.31. The topological polar surface area (TPSA) is 68.7 Å². The summed E-state index contributed by atoms with van der Waals surface area (Å²) in [5.41, 5.74) is 2.33. The lowest BCUT2D eigenvalue weighted by molar-refractivity contribution is -0.134. The lowest BCUT2D eigenvalue weighted by Crippen LogP contribution is -2.03. The van der Waals surface area contributed by atoms with Gasteiger partial charge in [0.1, 0.15) is 11.4 Å². The fraction of sp³-hybridized carbons (Fsp3) is 0.300. The predicted molar refractivity (Wildman–Crippen MR) is 96.1 cm³/mol. The van der Waals surface area contributed by atoms with Crippen molar-refractivity contribution in [1.29, 1.82) is 0 Å². The molecule has 0 unspecified atom stereocenters. The average Bonchev–Trinajstić information content (AvgIpc) is 2.67. The number of pyridine rings is 1. The summed E-state index contributed by atoms with van der Waals surface area (Å²) in [6, 6.07) is 13.8. The molecule has 1 aromatic carbocycles. The third-order valence-electron chi connectivity index (χ3n) is 3.64. The lowest BCUT2D eigenvalue weighted by Gasteiger charge is -2.10. The van der Waals surface area contributed by atoms with Crippen LogP contribution in [-0.4, -0.2) is 29.8 Å². The van der Waals surface area contributed by atoms with Gasteiger partial charge in [0.2, 0.25) is 0 Å². The molecule has 0 amide bonds. The molecule has 5 nitrogen and oxygen atoms in total. The first-order valence-corrected chi connectivity index (χ1v) is 8.26. The number of ether oxygens (including phenoxy) is 2. The van der Waals surface area contributed by atoms with Gasteiger partial charge in [-0.15, -0.1) is 0 Å². The summed E-state index contributed by atoms with van der Waals surface area (Å²) in [6.45, 7) is 0.391. The zero-order valence-corrected chi connectivity index (χ0v) is 14.4. The molecular weight excluding hydrogens is 318 g/mol. The number of nitrogens with zero attached hydrogens (tertiary/aromatic N) is 1.